The van der Waals surface area contributed by atoms with Crippen molar-refractivity contribution in [3.05, 3.63) is 54.4 Å². The van der Waals surface area contributed by atoms with Crippen LogP contribution in [0.2, 0.25) is 0 Å². The van der Waals surface area contributed by atoms with Crippen molar-refractivity contribution in [2.45, 2.75) is 17.7 Å². The van der Waals surface area contributed by atoms with Crippen LogP contribution >= 0.6 is 0 Å². The fourth-order valence-electron chi connectivity index (χ4n) is 4.17. The van der Waals surface area contributed by atoms with Gasteiger partial charge in [0.15, 0.2) is 0 Å². The molecule has 7 nitrogen and oxygen atoms in total. The highest BCUT2D eigenvalue weighted by atomic mass is 32.2. The number of hydrogen-bond donors (Lipinski definition) is 0. The minimum absolute atomic E-state index is 0.0411. The van der Waals surface area contributed by atoms with Crippen molar-refractivity contribution in [2.24, 2.45) is 5.92 Å². The average molecular weight is 451 g/mol. The van der Waals surface area contributed by atoms with Crippen molar-refractivity contribution in [3.63, 3.8) is 0 Å². The number of benzene rings is 1. The molecular formula is C21H24F2N4O3S. The summed E-state index contributed by atoms with van der Waals surface area (Å²) in [6, 6.07) is 6.32. The van der Waals surface area contributed by atoms with Crippen LogP contribution in [0.15, 0.2) is 47.6 Å². The Labute approximate surface area is 180 Å². The van der Waals surface area contributed by atoms with E-state index in [0.717, 1.165) is 48.1 Å². The van der Waals surface area contributed by atoms with Crippen LogP contribution in [0.4, 0.5) is 14.5 Å². The number of piperidine rings is 1. The first-order valence-electron chi connectivity index (χ1n) is 10.3. The van der Waals surface area contributed by atoms with Gasteiger partial charge >= 0.3 is 0 Å². The molecule has 0 N–H and O–H groups in total. The topological polar surface area (TPSA) is 73.8 Å². The van der Waals surface area contributed by atoms with Gasteiger partial charge in [-0.2, -0.15) is 4.31 Å². The number of carbonyl (C=O) groups excluding carboxylic acids is 1. The maximum Gasteiger partial charge on any atom is 0.246 e. The fraction of sp³-hybridized carbons (Fsp3) is 0.429. The van der Waals surface area contributed by atoms with Crippen molar-refractivity contribution >= 4 is 21.6 Å². The van der Waals surface area contributed by atoms with Crippen molar-refractivity contribution in [2.75, 3.05) is 44.2 Å². The molecule has 0 spiro atoms. The molecule has 0 unspecified atom stereocenters. The quantitative estimate of drug-likeness (QED) is 0.714. The molecule has 0 aliphatic carbocycles. The minimum atomic E-state index is -4.08. The lowest BCUT2D eigenvalue weighted by Crippen LogP contribution is -2.53. The minimum Gasteiger partial charge on any atom is -0.371 e. The van der Waals surface area contributed by atoms with Crippen molar-refractivity contribution in [3.8, 4) is 0 Å². The Kier molecular flexibility index (Phi) is 6.19. The standard InChI is InChI=1S/C21H24F2N4O3S/c22-17-1-2-20(19(23)15-17)31(29,30)27-13-11-26(12-14-27)21(28)16-5-9-25(10-6-16)18-3-7-24-8-4-18/h1-4,7-8,15-16H,5-6,9-14H2. The largest absolute Gasteiger partial charge is 0.371 e. The fourth-order valence-corrected chi connectivity index (χ4v) is 5.64. The molecule has 1 aromatic carbocycles. The second kappa shape index (κ2) is 8.88. The van der Waals surface area contributed by atoms with Gasteiger partial charge in [-0.1, -0.05) is 0 Å². The molecule has 4 rings (SSSR count). The predicted octanol–water partition coefficient (Wildman–Crippen LogP) is 2.11. The molecule has 0 atom stereocenters. The predicted molar refractivity (Wildman–Crippen MR) is 111 cm³/mol. The van der Waals surface area contributed by atoms with Gasteiger partial charge < -0.3 is 9.80 Å². The number of pyridine rings is 1. The van der Waals surface area contributed by atoms with Gasteiger partial charge in [-0.15, -0.1) is 0 Å². The van der Waals surface area contributed by atoms with Crippen molar-refractivity contribution in [1.29, 1.82) is 0 Å². The number of nitrogens with zero attached hydrogens (tertiary/aromatic N) is 4. The van der Waals surface area contributed by atoms with Crippen LogP contribution in [0.3, 0.4) is 0 Å². The Morgan fingerprint density at radius 3 is 2.19 bits per heavy atom. The summed E-state index contributed by atoms with van der Waals surface area (Å²) in [5.74, 6) is -1.99. The molecule has 2 aliphatic heterocycles. The molecule has 10 heteroatoms. The summed E-state index contributed by atoms with van der Waals surface area (Å²) in [4.78, 5) is 20.3. The Bertz CT molecular complexity index is 1040. The Hall–Kier alpha value is -2.59. The Morgan fingerprint density at radius 2 is 1.58 bits per heavy atom. The van der Waals surface area contributed by atoms with Gasteiger partial charge in [0.2, 0.25) is 15.9 Å². The summed E-state index contributed by atoms with van der Waals surface area (Å²) in [6.45, 7) is 2.23. The highest BCUT2D eigenvalue weighted by molar-refractivity contribution is 7.89. The van der Waals surface area contributed by atoms with E-state index < -0.39 is 26.6 Å². The van der Waals surface area contributed by atoms with E-state index in [9.17, 15) is 22.0 Å². The number of carbonyl (C=O) groups is 1. The zero-order valence-electron chi connectivity index (χ0n) is 17.0. The Morgan fingerprint density at radius 1 is 0.935 bits per heavy atom. The first kappa shape index (κ1) is 21.6. The number of hydrogen-bond acceptors (Lipinski definition) is 5. The van der Waals surface area contributed by atoms with E-state index in [1.165, 1.54) is 0 Å². The summed E-state index contributed by atoms with van der Waals surface area (Å²) in [5, 5.41) is 0. The molecule has 31 heavy (non-hydrogen) atoms. The third-order valence-electron chi connectivity index (χ3n) is 5.93. The number of sulfonamides is 1. The summed E-state index contributed by atoms with van der Waals surface area (Å²) >= 11 is 0. The van der Waals surface area contributed by atoms with Gasteiger partial charge in [-0.25, -0.2) is 17.2 Å². The van der Waals surface area contributed by atoms with E-state index in [0.29, 0.717) is 6.07 Å². The second-order valence-corrected chi connectivity index (χ2v) is 9.68. The SMILES string of the molecule is O=C(C1CCN(c2ccncc2)CC1)N1CCN(S(=O)(=O)c2ccc(F)cc2F)CC1. The van der Waals surface area contributed by atoms with E-state index in [2.05, 4.69) is 9.88 Å². The number of halogens is 2. The molecule has 1 aromatic heterocycles. The van der Waals surface area contributed by atoms with Crippen LogP contribution in [0.1, 0.15) is 12.8 Å². The molecule has 0 radical (unpaired) electrons. The van der Waals surface area contributed by atoms with Gasteiger partial charge in [0, 0.05) is 69.3 Å². The zero-order valence-corrected chi connectivity index (χ0v) is 17.8. The molecule has 2 saturated heterocycles. The molecule has 166 valence electrons. The number of amides is 1. The first-order chi connectivity index (χ1) is 14.9. The van der Waals surface area contributed by atoms with E-state index in [4.69, 9.17) is 0 Å². The maximum atomic E-state index is 14.0. The molecular weight excluding hydrogens is 426 g/mol. The second-order valence-electron chi connectivity index (χ2n) is 7.77. The number of anilines is 1. The van der Waals surface area contributed by atoms with Crippen LogP contribution in [0, 0.1) is 17.6 Å². The number of aromatic nitrogens is 1. The van der Waals surface area contributed by atoms with Crippen LogP contribution in [0.25, 0.3) is 0 Å². The van der Waals surface area contributed by atoms with Crippen LogP contribution in [0.5, 0.6) is 0 Å². The van der Waals surface area contributed by atoms with Crippen LogP contribution in [-0.2, 0) is 14.8 Å². The summed E-state index contributed by atoms with van der Waals surface area (Å²) < 4.78 is 53.7. The van der Waals surface area contributed by atoms with Crippen molar-refractivity contribution < 1.29 is 22.0 Å². The zero-order chi connectivity index (χ0) is 22.0. The normalized spacial score (nSPS) is 18.9. The highest BCUT2D eigenvalue weighted by Crippen LogP contribution is 2.26. The summed E-state index contributed by atoms with van der Waals surface area (Å²) in [7, 11) is -4.08. The lowest BCUT2D eigenvalue weighted by Gasteiger charge is -2.38. The van der Waals surface area contributed by atoms with Crippen LogP contribution in [-0.4, -0.2) is 67.8 Å². The average Bonchev–Trinajstić information content (AvgIpc) is 2.79. The van der Waals surface area contributed by atoms with E-state index in [1.807, 2.05) is 12.1 Å². The third kappa shape index (κ3) is 4.54. The van der Waals surface area contributed by atoms with Gasteiger partial charge in [0.05, 0.1) is 0 Å². The van der Waals surface area contributed by atoms with Crippen molar-refractivity contribution in [1.82, 2.24) is 14.2 Å². The van der Waals surface area contributed by atoms with E-state index >= 15 is 0 Å². The monoisotopic (exact) mass is 450 g/mol. The lowest BCUT2D eigenvalue weighted by atomic mass is 9.94. The molecule has 3 heterocycles. The maximum absolute atomic E-state index is 14.0. The van der Waals surface area contributed by atoms with Gasteiger partial charge in [-0.3, -0.25) is 9.78 Å². The van der Waals surface area contributed by atoms with Gasteiger partial charge in [0.1, 0.15) is 16.5 Å². The van der Waals surface area contributed by atoms with E-state index in [-0.39, 0.29) is 38.0 Å². The molecule has 2 aliphatic rings. The first-order valence-corrected chi connectivity index (χ1v) is 11.7. The van der Waals surface area contributed by atoms with Gasteiger partial charge in [-0.05, 0) is 37.1 Å². The molecule has 1 amide bonds. The third-order valence-corrected chi connectivity index (χ3v) is 7.87. The van der Waals surface area contributed by atoms with E-state index in [1.54, 1.807) is 17.3 Å². The summed E-state index contributed by atoms with van der Waals surface area (Å²) in [6.07, 6.45) is 4.97. The lowest BCUT2D eigenvalue weighted by molar-refractivity contribution is -0.137. The smallest absolute Gasteiger partial charge is 0.246 e. The highest BCUT2D eigenvalue weighted by Gasteiger charge is 2.35. The molecule has 0 bridgehead atoms. The van der Waals surface area contributed by atoms with Gasteiger partial charge in [0.25, 0.3) is 0 Å². The molecule has 0 saturated carbocycles. The molecule has 2 aromatic rings. The number of rotatable bonds is 4. The Balaban J connectivity index is 1.33. The summed E-state index contributed by atoms with van der Waals surface area (Å²) in [5.41, 5.74) is 1.09. The number of piperazine rings is 1. The van der Waals surface area contributed by atoms with Crippen LogP contribution < -0.4 is 4.90 Å². The molecule has 2 fully saturated rings.